The molecule has 0 saturated carbocycles. The molecule has 0 spiro atoms. The standard InChI is InChI=1S/C24H38N10O2/c1-31-9-11-33(17-23(35)29-25)15-22-8-4-6-20(28-22)14-32(2)10-12-34(18-24(36)30-26)16-21-7-3-5-19(13-31)27-21/h3-8H,9-18,25-26H2,1-2H3,(H,29,35)(H,30,36). The minimum atomic E-state index is -0.238. The Kier molecular flexibility index (Phi) is 10.7. The van der Waals surface area contributed by atoms with Crippen LogP contribution in [0.1, 0.15) is 22.8 Å². The van der Waals surface area contributed by atoms with Gasteiger partial charge in [0, 0.05) is 52.4 Å². The first-order valence-electron chi connectivity index (χ1n) is 12.0. The Labute approximate surface area is 212 Å². The zero-order chi connectivity index (χ0) is 25.9. The zero-order valence-corrected chi connectivity index (χ0v) is 21.2. The van der Waals surface area contributed by atoms with Crippen molar-refractivity contribution in [3.63, 3.8) is 0 Å². The molecule has 2 aromatic rings. The number of nitrogens with one attached hydrogen (secondary N) is 2. The van der Waals surface area contributed by atoms with E-state index in [0.29, 0.717) is 39.3 Å². The van der Waals surface area contributed by atoms with E-state index in [1.54, 1.807) is 0 Å². The Hall–Kier alpha value is -3.00. The lowest BCUT2D eigenvalue weighted by atomic mass is 10.2. The second-order valence-corrected chi connectivity index (χ2v) is 9.27. The molecule has 1 aliphatic heterocycles. The van der Waals surface area contributed by atoms with Crippen LogP contribution in [0.3, 0.4) is 0 Å². The molecule has 196 valence electrons. The van der Waals surface area contributed by atoms with Crippen LogP contribution in [0.25, 0.3) is 0 Å². The monoisotopic (exact) mass is 498 g/mol. The van der Waals surface area contributed by atoms with Crippen molar-refractivity contribution in [2.45, 2.75) is 26.2 Å². The average Bonchev–Trinajstić information content (AvgIpc) is 2.85. The third-order valence-electron chi connectivity index (χ3n) is 6.02. The summed E-state index contributed by atoms with van der Waals surface area (Å²) >= 11 is 0. The van der Waals surface area contributed by atoms with Gasteiger partial charge in [0.1, 0.15) is 0 Å². The van der Waals surface area contributed by atoms with Gasteiger partial charge in [0.2, 0.25) is 11.8 Å². The number of hydrogen-bond donors (Lipinski definition) is 4. The highest BCUT2D eigenvalue weighted by molar-refractivity contribution is 5.77. The van der Waals surface area contributed by atoms with E-state index >= 15 is 0 Å². The van der Waals surface area contributed by atoms with Crippen LogP contribution in [0, 0.1) is 0 Å². The summed E-state index contributed by atoms with van der Waals surface area (Å²) in [5.74, 6) is 10.2. The van der Waals surface area contributed by atoms with Crippen LogP contribution in [0.5, 0.6) is 0 Å². The van der Waals surface area contributed by atoms with E-state index in [0.717, 1.165) is 35.9 Å². The van der Waals surface area contributed by atoms with Gasteiger partial charge in [0.05, 0.1) is 35.9 Å². The Morgan fingerprint density at radius 2 is 1.06 bits per heavy atom. The van der Waals surface area contributed by atoms with Crippen LogP contribution in [0.4, 0.5) is 0 Å². The van der Waals surface area contributed by atoms with E-state index in [9.17, 15) is 9.59 Å². The first-order chi connectivity index (χ1) is 17.3. The predicted octanol–water partition coefficient (Wildman–Crippen LogP) is -1.36. The van der Waals surface area contributed by atoms with Crippen molar-refractivity contribution < 1.29 is 9.59 Å². The molecule has 3 heterocycles. The molecule has 0 fully saturated rings. The lowest BCUT2D eigenvalue weighted by Gasteiger charge is -2.26. The lowest BCUT2D eigenvalue weighted by molar-refractivity contribution is -0.123. The number of carbonyl (C=O) groups excluding carboxylic acids is 2. The highest BCUT2D eigenvalue weighted by Crippen LogP contribution is 2.10. The first-order valence-corrected chi connectivity index (χ1v) is 12.0. The Morgan fingerprint density at radius 1 is 0.694 bits per heavy atom. The van der Waals surface area contributed by atoms with Crippen LogP contribution >= 0.6 is 0 Å². The van der Waals surface area contributed by atoms with E-state index in [4.69, 9.17) is 21.7 Å². The number of carbonyl (C=O) groups is 2. The molecule has 12 nitrogen and oxygen atoms in total. The molecule has 0 radical (unpaired) electrons. The molecule has 2 aromatic heterocycles. The van der Waals surface area contributed by atoms with Gasteiger partial charge in [-0.2, -0.15) is 0 Å². The number of aromatic nitrogens is 2. The molecule has 1 aliphatic rings. The fraction of sp³-hybridized carbons (Fsp3) is 0.500. The van der Waals surface area contributed by atoms with Crippen molar-refractivity contribution in [1.29, 1.82) is 0 Å². The summed E-state index contributed by atoms with van der Waals surface area (Å²) in [4.78, 5) is 42.1. The summed E-state index contributed by atoms with van der Waals surface area (Å²) in [6.07, 6.45) is 0. The van der Waals surface area contributed by atoms with Crippen molar-refractivity contribution in [3.8, 4) is 0 Å². The molecule has 0 aliphatic carbocycles. The SMILES string of the molecule is CN1CCN(CC(=O)NN)Cc2cccc(n2)CN(C)CCN(CC(=O)NN)Cc2cccc(n2)C1. The van der Waals surface area contributed by atoms with E-state index in [2.05, 4.69) is 20.7 Å². The Bertz CT molecular complexity index is 925. The van der Waals surface area contributed by atoms with Crippen molar-refractivity contribution >= 4 is 11.8 Å². The third kappa shape index (κ3) is 9.22. The number of hydrazine groups is 2. The first kappa shape index (κ1) is 27.6. The third-order valence-corrected chi connectivity index (χ3v) is 6.02. The second-order valence-electron chi connectivity index (χ2n) is 9.27. The molecule has 0 unspecified atom stereocenters. The smallest absolute Gasteiger partial charge is 0.248 e. The number of nitrogens with two attached hydrogens (primary N) is 2. The van der Waals surface area contributed by atoms with Gasteiger partial charge in [0.15, 0.2) is 0 Å². The van der Waals surface area contributed by atoms with Crippen molar-refractivity contribution in [2.24, 2.45) is 11.7 Å². The number of fused-ring (bicyclic) bond motifs is 4. The fourth-order valence-corrected chi connectivity index (χ4v) is 4.13. The maximum atomic E-state index is 12.0. The average molecular weight is 499 g/mol. The molecule has 6 N–H and O–H groups in total. The summed E-state index contributed by atoms with van der Waals surface area (Å²) in [6, 6.07) is 11.9. The number of amides is 2. The van der Waals surface area contributed by atoms with Gasteiger partial charge >= 0.3 is 0 Å². The summed E-state index contributed by atoms with van der Waals surface area (Å²) < 4.78 is 0. The topological polar surface area (TPSA) is 149 Å². The molecule has 2 amide bonds. The van der Waals surface area contributed by atoms with E-state index < -0.39 is 0 Å². The molecular formula is C24H38N10O2. The van der Waals surface area contributed by atoms with Gasteiger partial charge in [-0.15, -0.1) is 0 Å². The normalized spacial score (nSPS) is 17.7. The molecule has 0 saturated heterocycles. The molecule has 12 heteroatoms. The fourth-order valence-electron chi connectivity index (χ4n) is 4.13. The van der Waals surface area contributed by atoms with Gasteiger partial charge in [-0.1, -0.05) is 12.1 Å². The van der Waals surface area contributed by atoms with Crippen LogP contribution in [-0.2, 0) is 35.8 Å². The predicted molar refractivity (Wildman–Crippen MR) is 136 cm³/mol. The van der Waals surface area contributed by atoms with Gasteiger partial charge in [0.25, 0.3) is 0 Å². The molecule has 0 aromatic carbocycles. The summed E-state index contributed by atoms with van der Waals surface area (Å²) in [6.45, 7) is 5.56. The van der Waals surface area contributed by atoms with E-state index in [1.807, 2.05) is 60.3 Å². The molecule has 3 rings (SSSR count). The maximum absolute atomic E-state index is 12.0. The van der Waals surface area contributed by atoms with Crippen molar-refractivity contribution in [2.75, 3.05) is 53.4 Å². The summed E-state index contributed by atoms with van der Waals surface area (Å²) in [5.41, 5.74) is 8.12. The Morgan fingerprint density at radius 3 is 1.42 bits per heavy atom. The highest BCUT2D eigenvalue weighted by Gasteiger charge is 2.16. The van der Waals surface area contributed by atoms with Gasteiger partial charge in [-0.25, -0.2) is 11.7 Å². The summed E-state index contributed by atoms with van der Waals surface area (Å²) in [5, 5.41) is 0. The summed E-state index contributed by atoms with van der Waals surface area (Å²) in [7, 11) is 4.06. The molecule has 4 bridgehead atoms. The van der Waals surface area contributed by atoms with Crippen LogP contribution in [-0.4, -0.2) is 94.7 Å². The minimum absolute atomic E-state index is 0.191. The van der Waals surface area contributed by atoms with E-state index in [1.165, 1.54) is 0 Å². The molecule has 0 atom stereocenters. The van der Waals surface area contributed by atoms with Crippen molar-refractivity contribution in [3.05, 3.63) is 59.2 Å². The maximum Gasteiger partial charge on any atom is 0.248 e. The van der Waals surface area contributed by atoms with Gasteiger partial charge < -0.3 is 0 Å². The largest absolute Gasteiger partial charge is 0.299 e. The lowest BCUT2D eigenvalue weighted by Crippen LogP contribution is -2.43. The number of likely N-dealkylation sites (N-methyl/N-ethyl adjacent to an activating group) is 2. The van der Waals surface area contributed by atoms with E-state index in [-0.39, 0.29) is 24.9 Å². The molecular weight excluding hydrogens is 460 g/mol. The van der Waals surface area contributed by atoms with Crippen LogP contribution < -0.4 is 22.5 Å². The number of nitrogens with zero attached hydrogens (tertiary/aromatic N) is 6. The number of pyridine rings is 2. The number of rotatable bonds is 4. The van der Waals surface area contributed by atoms with Crippen LogP contribution in [0.15, 0.2) is 36.4 Å². The minimum Gasteiger partial charge on any atom is -0.299 e. The van der Waals surface area contributed by atoms with Gasteiger partial charge in [-0.3, -0.25) is 50.0 Å². The molecule has 36 heavy (non-hydrogen) atoms. The second kappa shape index (κ2) is 13.9. The Balaban J connectivity index is 1.83. The number of hydrogen-bond acceptors (Lipinski definition) is 10. The van der Waals surface area contributed by atoms with Gasteiger partial charge in [-0.05, 0) is 38.4 Å². The quantitative estimate of drug-likeness (QED) is 0.226. The zero-order valence-electron chi connectivity index (χ0n) is 21.2. The van der Waals surface area contributed by atoms with Crippen LogP contribution in [0.2, 0.25) is 0 Å². The van der Waals surface area contributed by atoms with Crippen molar-refractivity contribution in [1.82, 2.24) is 40.4 Å². The highest BCUT2D eigenvalue weighted by atomic mass is 16.2.